The molecule has 5 nitrogen and oxygen atoms in total. The molecule has 110 valence electrons. The molecule has 0 unspecified atom stereocenters. The van der Waals surface area contributed by atoms with Gasteiger partial charge in [0.15, 0.2) is 5.43 Å². The van der Waals surface area contributed by atoms with Gasteiger partial charge in [-0.2, -0.15) is 0 Å². The highest BCUT2D eigenvalue weighted by atomic mass is 16.1. The van der Waals surface area contributed by atoms with E-state index in [0.29, 0.717) is 17.5 Å². The first-order valence-corrected chi connectivity index (χ1v) is 6.95. The number of aromatic nitrogens is 2. The van der Waals surface area contributed by atoms with E-state index < -0.39 is 0 Å². The second-order valence-electron chi connectivity index (χ2n) is 5.08. The minimum atomic E-state index is -0.229. The van der Waals surface area contributed by atoms with Gasteiger partial charge >= 0.3 is 0 Å². The van der Waals surface area contributed by atoms with Crippen molar-refractivity contribution in [1.82, 2.24) is 15.3 Å². The quantitative estimate of drug-likeness (QED) is 0.777. The number of benzene rings is 1. The zero-order chi connectivity index (χ0) is 15.5. The fraction of sp³-hybridized carbons (Fsp3) is 0.118. The number of pyridine rings is 2. The summed E-state index contributed by atoms with van der Waals surface area (Å²) in [6.45, 7) is 2.18. The van der Waals surface area contributed by atoms with Crippen molar-refractivity contribution in [3.05, 3.63) is 75.8 Å². The number of H-pyrrole nitrogens is 1. The maximum absolute atomic E-state index is 12.2. The van der Waals surface area contributed by atoms with Crippen molar-refractivity contribution < 1.29 is 4.79 Å². The fourth-order valence-electron chi connectivity index (χ4n) is 2.30. The third-order valence-electron chi connectivity index (χ3n) is 3.38. The van der Waals surface area contributed by atoms with Gasteiger partial charge in [0.25, 0.3) is 5.91 Å². The number of aryl methyl sites for hydroxylation is 1. The minimum Gasteiger partial charge on any atom is -0.358 e. The average Bonchev–Trinajstić information content (AvgIpc) is 2.53. The Morgan fingerprint density at radius 2 is 2.09 bits per heavy atom. The summed E-state index contributed by atoms with van der Waals surface area (Å²) in [6, 6.07) is 12.1. The highest BCUT2D eigenvalue weighted by Crippen LogP contribution is 2.11. The van der Waals surface area contributed by atoms with Crippen LogP contribution in [-0.2, 0) is 6.54 Å². The number of amides is 1. The molecule has 0 fully saturated rings. The smallest absolute Gasteiger partial charge is 0.251 e. The summed E-state index contributed by atoms with van der Waals surface area (Å²) in [5.74, 6) is -0.229. The number of aromatic amines is 1. The third-order valence-corrected chi connectivity index (χ3v) is 3.38. The van der Waals surface area contributed by atoms with Gasteiger partial charge in [-0.3, -0.25) is 14.6 Å². The molecule has 1 amide bonds. The summed E-state index contributed by atoms with van der Waals surface area (Å²) in [4.78, 5) is 31.4. The van der Waals surface area contributed by atoms with Gasteiger partial charge in [-0.25, -0.2) is 0 Å². The molecule has 22 heavy (non-hydrogen) atoms. The molecule has 2 N–H and O–H groups in total. The Hall–Kier alpha value is -2.95. The van der Waals surface area contributed by atoms with Crippen molar-refractivity contribution in [2.75, 3.05) is 0 Å². The SMILES string of the molecule is Cc1cc(=O)c2cc(C(=O)NCc3ccccn3)ccc2[nH]1. The number of carbonyl (C=O) groups excluding carboxylic acids is 1. The van der Waals surface area contributed by atoms with Crippen molar-refractivity contribution in [2.24, 2.45) is 0 Å². The van der Waals surface area contributed by atoms with E-state index in [9.17, 15) is 9.59 Å². The molecule has 0 aliphatic rings. The number of fused-ring (bicyclic) bond motifs is 1. The van der Waals surface area contributed by atoms with Gasteiger partial charge in [-0.15, -0.1) is 0 Å². The normalized spacial score (nSPS) is 10.6. The van der Waals surface area contributed by atoms with Gasteiger partial charge in [-0.05, 0) is 37.3 Å². The maximum atomic E-state index is 12.2. The topological polar surface area (TPSA) is 74.8 Å². The molecule has 0 aliphatic heterocycles. The Morgan fingerprint density at radius 3 is 2.86 bits per heavy atom. The Morgan fingerprint density at radius 1 is 1.23 bits per heavy atom. The first kappa shape index (κ1) is 14.0. The Balaban J connectivity index is 1.84. The van der Waals surface area contributed by atoms with Crippen LogP contribution in [0.15, 0.2) is 53.5 Å². The van der Waals surface area contributed by atoms with Crippen LogP contribution in [0.25, 0.3) is 10.9 Å². The van der Waals surface area contributed by atoms with E-state index in [1.807, 2.05) is 25.1 Å². The number of nitrogens with one attached hydrogen (secondary N) is 2. The van der Waals surface area contributed by atoms with Gasteiger partial charge in [-0.1, -0.05) is 6.07 Å². The first-order chi connectivity index (χ1) is 10.6. The zero-order valence-corrected chi connectivity index (χ0v) is 12.1. The van der Waals surface area contributed by atoms with Crippen molar-refractivity contribution >= 4 is 16.8 Å². The average molecular weight is 293 g/mol. The number of hydrogen-bond donors (Lipinski definition) is 2. The highest BCUT2D eigenvalue weighted by molar-refractivity contribution is 5.97. The van der Waals surface area contributed by atoms with Crippen molar-refractivity contribution in [3.63, 3.8) is 0 Å². The monoisotopic (exact) mass is 293 g/mol. The Bertz CT molecular complexity index is 885. The number of nitrogens with zero attached hydrogens (tertiary/aromatic N) is 1. The number of rotatable bonds is 3. The second kappa shape index (κ2) is 5.81. The molecule has 0 bridgehead atoms. The lowest BCUT2D eigenvalue weighted by atomic mass is 10.1. The molecule has 0 saturated heterocycles. The molecule has 3 aromatic rings. The standard InChI is InChI=1S/C17H15N3O2/c1-11-8-16(21)14-9-12(5-6-15(14)20-11)17(22)19-10-13-4-2-3-7-18-13/h2-9H,10H2,1H3,(H,19,22)(H,20,21). The van der Waals surface area contributed by atoms with Crippen molar-refractivity contribution in [1.29, 1.82) is 0 Å². The minimum absolute atomic E-state index is 0.0920. The van der Waals surface area contributed by atoms with Gasteiger partial charge < -0.3 is 10.3 Å². The van der Waals surface area contributed by atoms with E-state index in [1.165, 1.54) is 6.07 Å². The molecule has 1 aromatic carbocycles. The van der Waals surface area contributed by atoms with Crippen LogP contribution in [0.5, 0.6) is 0 Å². The van der Waals surface area contributed by atoms with Crippen LogP contribution < -0.4 is 10.7 Å². The second-order valence-corrected chi connectivity index (χ2v) is 5.08. The van der Waals surface area contributed by atoms with Crippen molar-refractivity contribution in [2.45, 2.75) is 13.5 Å². The van der Waals surface area contributed by atoms with E-state index in [-0.39, 0.29) is 11.3 Å². The number of carbonyl (C=O) groups is 1. The molecule has 0 saturated carbocycles. The predicted octanol–water partition coefficient (Wildman–Crippen LogP) is 2.16. The lowest BCUT2D eigenvalue weighted by molar-refractivity contribution is 0.0950. The zero-order valence-electron chi connectivity index (χ0n) is 12.1. The molecular weight excluding hydrogens is 278 g/mol. The molecule has 0 atom stereocenters. The Labute approximate surface area is 127 Å². The lowest BCUT2D eigenvalue weighted by Gasteiger charge is -2.06. The summed E-state index contributed by atoms with van der Waals surface area (Å²) in [5, 5.41) is 3.31. The largest absolute Gasteiger partial charge is 0.358 e. The third kappa shape index (κ3) is 2.88. The molecule has 0 radical (unpaired) electrons. The Kier molecular flexibility index (Phi) is 3.70. The van der Waals surface area contributed by atoms with Crippen LogP contribution >= 0.6 is 0 Å². The van der Waals surface area contributed by atoms with E-state index in [1.54, 1.807) is 24.4 Å². The molecule has 2 aromatic heterocycles. The summed E-state index contributed by atoms with van der Waals surface area (Å²) in [5.41, 5.74) is 2.67. The van der Waals surface area contributed by atoms with E-state index in [0.717, 1.165) is 16.9 Å². The molecule has 2 heterocycles. The highest BCUT2D eigenvalue weighted by Gasteiger charge is 2.08. The lowest BCUT2D eigenvalue weighted by Crippen LogP contribution is -2.23. The van der Waals surface area contributed by atoms with E-state index >= 15 is 0 Å². The van der Waals surface area contributed by atoms with Crippen LogP contribution in [0.1, 0.15) is 21.7 Å². The molecule has 0 spiro atoms. The van der Waals surface area contributed by atoms with Crippen LogP contribution in [0, 0.1) is 6.92 Å². The summed E-state index contributed by atoms with van der Waals surface area (Å²) < 4.78 is 0. The van der Waals surface area contributed by atoms with E-state index in [2.05, 4.69) is 15.3 Å². The van der Waals surface area contributed by atoms with Crippen LogP contribution in [0.2, 0.25) is 0 Å². The summed E-state index contributed by atoms with van der Waals surface area (Å²) in [7, 11) is 0. The van der Waals surface area contributed by atoms with Crippen LogP contribution in [0.3, 0.4) is 0 Å². The first-order valence-electron chi connectivity index (χ1n) is 6.95. The van der Waals surface area contributed by atoms with Gasteiger partial charge in [0.1, 0.15) is 0 Å². The van der Waals surface area contributed by atoms with Crippen molar-refractivity contribution in [3.8, 4) is 0 Å². The maximum Gasteiger partial charge on any atom is 0.251 e. The number of hydrogen-bond acceptors (Lipinski definition) is 3. The molecule has 3 rings (SSSR count). The molecule has 0 aliphatic carbocycles. The summed E-state index contributed by atoms with van der Waals surface area (Å²) >= 11 is 0. The van der Waals surface area contributed by atoms with Gasteiger partial charge in [0, 0.05) is 34.4 Å². The predicted molar refractivity (Wildman–Crippen MR) is 84.7 cm³/mol. The van der Waals surface area contributed by atoms with Crippen LogP contribution in [-0.4, -0.2) is 15.9 Å². The van der Waals surface area contributed by atoms with Crippen LogP contribution in [0.4, 0.5) is 0 Å². The summed E-state index contributed by atoms with van der Waals surface area (Å²) in [6.07, 6.45) is 1.68. The molecule has 5 heteroatoms. The van der Waals surface area contributed by atoms with Gasteiger partial charge in [0.05, 0.1) is 12.2 Å². The van der Waals surface area contributed by atoms with Gasteiger partial charge in [0.2, 0.25) is 0 Å². The molecular formula is C17H15N3O2. The van der Waals surface area contributed by atoms with E-state index in [4.69, 9.17) is 0 Å². The fourth-order valence-corrected chi connectivity index (χ4v) is 2.30.